The molecular formula is C11H21N3O5. The van der Waals surface area contributed by atoms with Crippen molar-refractivity contribution in [2.75, 3.05) is 6.54 Å². The number of unbranched alkanes of at least 4 members (excludes halogenated alkanes) is 1. The molecule has 0 saturated carbocycles. The summed E-state index contributed by atoms with van der Waals surface area (Å²) < 4.78 is 4.92. The molecule has 0 aromatic rings. The molecule has 4 unspecified atom stereocenters. The van der Waals surface area contributed by atoms with E-state index in [1.165, 1.54) is 0 Å². The number of ether oxygens (including phenoxy) is 1. The van der Waals surface area contributed by atoms with Crippen LogP contribution in [0.2, 0.25) is 0 Å². The molecule has 1 rings (SSSR count). The number of carbonyl (C=O) groups excluding carboxylic acids is 1. The van der Waals surface area contributed by atoms with Gasteiger partial charge in [-0.2, -0.15) is 0 Å². The second-order valence-electron chi connectivity index (χ2n) is 4.60. The Morgan fingerprint density at radius 2 is 2.00 bits per heavy atom. The van der Waals surface area contributed by atoms with Crippen molar-refractivity contribution in [1.82, 2.24) is 5.32 Å². The first kappa shape index (κ1) is 15.8. The number of hydrogen-bond acceptors (Lipinski definition) is 6. The zero-order valence-electron chi connectivity index (χ0n) is 10.6. The average Bonchev–Trinajstić information content (AvgIpc) is 3.04. The lowest BCUT2D eigenvalue weighted by molar-refractivity contribution is -0.139. The molecule has 0 aromatic carbocycles. The van der Waals surface area contributed by atoms with Crippen LogP contribution in [0.1, 0.15) is 25.7 Å². The average molecular weight is 275 g/mol. The van der Waals surface area contributed by atoms with Crippen molar-refractivity contribution in [2.45, 2.75) is 50.2 Å². The molecule has 8 heteroatoms. The number of aliphatic hydroxyl groups excluding tert-OH is 1. The van der Waals surface area contributed by atoms with Gasteiger partial charge in [0.2, 0.25) is 5.91 Å². The molecule has 0 aliphatic carbocycles. The zero-order valence-corrected chi connectivity index (χ0v) is 10.6. The Balaban J connectivity index is 2.42. The summed E-state index contributed by atoms with van der Waals surface area (Å²) in [6, 6.07) is -1.47. The smallest absolute Gasteiger partial charge is 0.305 e. The minimum absolute atomic E-state index is 0.367. The van der Waals surface area contributed by atoms with E-state index >= 15 is 0 Å². The van der Waals surface area contributed by atoms with Crippen LogP contribution in [0.15, 0.2) is 0 Å². The fraction of sp³-hybridized carbons (Fsp3) is 0.818. The first-order valence-corrected chi connectivity index (χ1v) is 6.27. The van der Waals surface area contributed by atoms with Crippen LogP contribution in [0.4, 0.5) is 0 Å². The SMILES string of the molecule is NCCCCC(NC(=O)C(N)CC(=O)O)C1OC1O. The lowest BCUT2D eigenvalue weighted by Crippen LogP contribution is -2.48. The highest BCUT2D eigenvalue weighted by molar-refractivity contribution is 5.86. The van der Waals surface area contributed by atoms with Gasteiger partial charge in [-0.1, -0.05) is 6.42 Å². The number of carboxylic acid groups (broad SMARTS) is 1. The number of hydrogen-bond donors (Lipinski definition) is 5. The van der Waals surface area contributed by atoms with Gasteiger partial charge in [-0.05, 0) is 19.4 Å². The van der Waals surface area contributed by atoms with E-state index in [0.717, 1.165) is 12.8 Å². The first-order valence-electron chi connectivity index (χ1n) is 6.27. The number of carboxylic acids is 1. The fourth-order valence-corrected chi connectivity index (χ4v) is 1.81. The predicted octanol–water partition coefficient (Wildman–Crippen LogP) is -1.88. The van der Waals surface area contributed by atoms with E-state index in [4.69, 9.17) is 21.3 Å². The van der Waals surface area contributed by atoms with Crippen LogP contribution in [-0.2, 0) is 14.3 Å². The van der Waals surface area contributed by atoms with Gasteiger partial charge in [-0.3, -0.25) is 9.59 Å². The molecule has 1 saturated heterocycles. The molecule has 19 heavy (non-hydrogen) atoms. The molecule has 0 radical (unpaired) electrons. The number of nitrogens with two attached hydrogens (primary N) is 2. The Labute approximate surface area is 111 Å². The van der Waals surface area contributed by atoms with Gasteiger partial charge < -0.3 is 31.7 Å². The molecule has 1 fully saturated rings. The van der Waals surface area contributed by atoms with Crippen molar-refractivity contribution in [2.24, 2.45) is 11.5 Å². The van der Waals surface area contributed by atoms with E-state index in [1.54, 1.807) is 0 Å². The molecule has 110 valence electrons. The van der Waals surface area contributed by atoms with Crippen LogP contribution in [0.5, 0.6) is 0 Å². The van der Waals surface area contributed by atoms with Crippen LogP contribution in [0, 0.1) is 0 Å². The summed E-state index contributed by atoms with van der Waals surface area (Å²) >= 11 is 0. The van der Waals surface area contributed by atoms with Crippen LogP contribution in [0.25, 0.3) is 0 Å². The number of nitrogens with one attached hydrogen (secondary N) is 1. The topological polar surface area (TPSA) is 151 Å². The van der Waals surface area contributed by atoms with Gasteiger partial charge in [-0.25, -0.2) is 0 Å². The molecule has 0 bridgehead atoms. The molecule has 8 nitrogen and oxygen atoms in total. The Hall–Kier alpha value is -1.22. The molecule has 4 atom stereocenters. The first-order chi connectivity index (χ1) is 8.95. The lowest BCUT2D eigenvalue weighted by Gasteiger charge is -2.18. The summed E-state index contributed by atoms with van der Waals surface area (Å²) in [5.74, 6) is -1.69. The third-order valence-electron chi connectivity index (χ3n) is 2.93. The fourth-order valence-electron chi connectivity index (χ4n) is 1.81. The zero-order chi connectivity index (χ0) is 14.4. The summed E-state index contributed by atoms with van der Waals surface area (Å²) in [4.78, 5) is 22.2. The number of carbonyl (C=O) groups is 2. The van der Waals surface area contributed by atoms with E-state index in [0.29, 0.717) is 13.0 Å². The van der Waals surface area contributed by atoms with E-state index in [2.05, 4.69) is 5.32 Å². The summed E-state index contributed by atoms with van der Waals surface area (Å²) in [5.41, 5.74) is 10.8. The third kappa shape index (κ3) is 5.52. The quantitative estimate of drug-likeness (QED) is 0.244. The molecule has 1 aliphatic heterocycles. The molecule has 7 N–H and O–H groups in total. The van der Waals surface area contributed by atoms with E-state index in [-0.39, 0.29) is 6.04 Å². The van der Waals surface area contributed by atoms with Crippen molar-refractivity contribution in [3.8, 4) is 0 Å². The van der Waals surface area contributed by atoms with Crippen molar-refractivity contribution in [3.05, 3.63) is 0 Å². The molecule has 0 aromatic heterocycles. The molecule has 1 heterocycles. The number of amides is 1. The Bertz CT molecular complexity index is 325. The van der Waals surface area contributed by atoms with Crippen molar-refractivity contribution < 1.29 is 24.5 Å². The summed E-state index contributed by atoms with van der Waals surface area (Å²) in [7, 11) is 0. The van der Waals surface area contributed by atoms with E-state index < -0.39 is 36.7 Å². The Morgan fingerprint density at radius 3 is 2.47 bits per heavy atom. The van der Waals surface area contributed by atoms with E-state index in [1.807, 2.05) is 0 Å². The van der Waals surface area contributed by atoms with Gasteiger partial charge in [0.1, 0.15) is 6.10 Å². The minimum atomic E-state index is -1.13. The van der Waals surface area contributed by atoms with Crippen LogP contribution in [0.3, 0.4) is 0 Å². The standard InChI is InChI=1S/C11H21N3O5/c12-4-2-1-3-7(9-11(18)19-9)14-10(17)6(13)5-8(15)16/h6-7,9,11,18H,1-5,12-13H2,(H,14,17)(H,15,16). The van der Waals surface area contributed by atoms with Gasteiger partial charge in [0, 0.05) is 0 Å². The second-order valence-corrected chi connectivity index (χ2v) is 4.60. The van der Waals surface area contributed by atoms with Crippen LogP contribution < -0.4 is 16.8 Å². The highest BCUT2D eigenvalue weighted by atomic mass is 16.7. The summed E-state index contributed by atoms with van der Waals surface area (Å²) in [6.07, 6.45) is 0.427. The van der Waals surface area contributed by atoms with Gasteiger partial charge in [-0.15, -0.1) is 0 Å². The molecule has 0 spiro atoms. The van der Waals surface area contributed by atoms with Gasteiger partial charge in [0.25, 0.3) is 0 Å². The third-order valence-corrected chi connectivity index (χ3v) is 2.93. The molecular weight excluding hydrogens is 254 g/mol. The Kier molecular flexibility index (Phi) is 6.16. The Morgan fingerprint density at radius 1 is 1.37 bits per heavy atom. The second kappa shape index (κ2) is 7.39. The largest absolute Gasteiger partial charge is 0.481 e. The predicted molar refractivity (Wildman–Crippen MR) is 65.9 cm³/mol. The normalized spacial score (nSPS) is 24.6. The number of rotatable bonds is 9. The van der Waals surface area contributed by atoms with Gasteiger partial charge in [0.05, 0.1) is 18.5 Å². The number of aliphatic hydroxyl groups is 1. The van der Waals surface area contributed by atoms with Gasteiger partial charge >= 0.3 is 5.97 Å². The highest BCUT2D eigenvalue weighted by Crippen LogP contribution is 2.25. The van der Waals surface area contributed by atoms with Crippen molar-refractivity contribution in [3.63, 3.8) is 0 Å². The summed E-state index contributed by atoms with van der Waals surface area (Å²) in [6.45, 7) is 0.549. The van der Waals surface area contributed by atoms with E-state index in [9.17, 15) is 14.7 Å². The van der Waals surface area contributed by atoms with Crippen LogP contribution in [-0.4, -0.2) is 53.1 Å². The van der Waals surface area contributed by atoms with Crippen molar-refractivity contribution >= 4 is 11.9 Å². The van der Waals surface area contributed by atoms with Crippen LogP contribution >= 0.6 is 0 Å². The number of epoxide rings is 1. The maximum Gasteiger partial charge on any atom is 0.305 e. The lowest BCUT2D eigenvalue weighted by atomic mass is 10.1. The summed E-state index contributed by atoms with van der Waals surface area (Å²) in [5, 5.41) is 20.4. The maximum atomic E-state index is 11.7. The van der Waals surface area contributed by atoms with Crippen molar-refractivity contribution in [1.29, 1.82) is 0 Å². The highest BCUT2D eigenvalue weighted by Gasteiger charge is 2.44. The molecule has 1 amide bonds. The number of aliphatic carboxylic acids is 1. The molecule has 1 aliphatic rings. The van der Waals surface area contributed by atoms with Gasteiger partial charge in [0.15, 0.2) is 6.29 Å². The minimum Gasteiger partial charge on any atom is -0.481 e. The maximum absolute atomic E-state index is 11.7. The monoisotopic (exact) mass is 275 g/mol.